The minimum atomic E-state index is -3.41. The first-order valence-electron chi connectivity index (χ1n) is 6.99. The van der Waals surface area contributed by atoms with E-state index in [2.05, 4.69) is 10.3 Å². The topological polar surface area (TPSA) is 74.4 Å². The molecule has 1 unspecified atom stereocenters. The lowest BCUT2D eigenvalue weighted by atomic mass is 10.1. The molecule has 0 amide bonds. The number of methoxy groups -OCH3 is 1. The highest BCUT2D eigenvalue weighted by Gasteiger charge is 2.30. The molecule has 2 rings (SSSR count). The van der Waals surface area contributed by atoms with Crippen molar-refractivity contribution in [3.63, 3.8) is 0 Å². The Morgan fingerprint density at radius 1 is 1.55 bits per heavy atom. The normalized spacial score (nSPS) is 21.2. The number of piperidine rings is 1. The van der Waals surface area contributed by atoms with Crippen LogP contribution in [0.25, 0.3) is 0 Å². The number of sulfonamides is 1. The quantitative estimate of drug-likeness (QED) is 0.819. The molecule has 1 aromatic rings. The van der Waals surface area contributed by atoms with Crippen molar-refractivity contribution in [1.29, 1.82) is 0 Å². The van der Waals surface area contributed by atoms with Crippen LogP contribution in [0.1, 0.15) is 25.5 Å². The van der Waals surface area contributed by atoms with Crippen molar-refractivity contribution in [2.75, 3.05) is 26.7 Å². The largest absolute Gasteiger partial charge is 0.380 e. The van der Waals surface area contributed by atoms with Gasteiger partial charge in [0.15, 0.2) is 0 Å². The third-order valence-electron chi connectivity index (χ3n) is 3.59. The Morgan fingerprint density at radius 2 is 2.35 bits per heavy atom. The number of hydrogen-bond donors (Lipinski definition) is 2. The molecule has 0 saturated carbocycles. The van der Waals surface area contributed by atoms with E-state index in [1.807, 2.05) is 6.92 Å². The molecule has 20 heavy (non-hydrogen) atoms. The molecule has 114 valence electrons. The first kappa shape index (κ1) is 15.5. The fraction of sp³-hybridized carbons (Fsp3) is 0.692. The van der Waals surface area contributed by atoms with Crippen LogP contribution >= 0.6 is 0 Å². The van der Waals surface area contributed by atoms with Crippen LogP contribution in [0.2, 0.25) is 0 Å². The highest BCUT2D eigenvalue weighted by atomic mass is 32.2. The summed E-state index contributed by atoms with van der Waals surface area (Å²) in [6, 6.07) is 1.70. The second kappa shape index (κ2) is 6.71. The Kier molecular flexibility index (Phi) is 5.20. The summed E-state index contributed by atoms with van der Waals surface area (Å²) in [5, 5.41) is 3.17. The van der Waals surface area contributed by atoms with Crippen LogP contribution in [0.3, 0.4) is 0 Å². The fourth-order valence-corrected chi connectivity index (χ4v) is 3.92. The number of nitrogens with one attached hydrogen (secondary N) is 2. The molecule has 6 nitrogen and oxygen atoms in total. The molecule has 0 spiro atoms. The summed E-state index contributed by atoms with van der Waals surface area (Å²) >= 11 is 0. The summed E-state index contributed by atoms with van der Waals surface area (Å²) in [5.41, 5.74) is 0.880. The maximum absolute atomic E-state index is 12.6. The standard InChI is InChI=1S/C13H23N3O3S/c1-3-14-8-11-7-13(9-15-11)20(17,18)16-6-4-5-12(10-16)19-2/h7,9,12,14-15H,3-6,8,10H2,1-2H3. The van der Waals surface area contributed by atoms with Crippen molar-refractivity contribution in [2.24, 2.45) is 0 Å². The molecule has 2 heterocycles. The first-order valence-corrected chi connectivity index (χ1v) is 8.43. The minimum absolute atomic E-state index is 0.00121. The number of rotatable bonds is 6. The third-order valence-corrected chi connectivity index (χ3v) is 5.44. The maximum atomic E-state index is 12.6. The number of ether oxygens (including phenoxy) is 1. The molecule has 7 heteroatoms. The molecule has 1 fully saturated rings. The number of hydrogen-bond acceptors (Lipinski definition) is 4. The molecule has 0 aromatic carbocycles. The molecule has 1 atom stereocenters. The third kappa shape index (κ3) is 3.41. The Morgan fingerprint density at radius 3 is 3.05 bits per heavy atom. The lowest BCUT2D eigenvalue weighted by molar-refractivity contribution is 0.0572. The highest BCUT2D eigenvalue weighted by molar-refractivity contribution is 7.89. The van der Waals surface area contributed by atoms with E-state index in [1.165, 1.54) is 4.31 Å². The zero-order chi connectivity index (χ0) is 14.6. The second-order valence-electron chi connectivity index (χ2n) is 5.00. The molecule has 1 aliphatic rings. The molecule has 2 N–H and O–H groups in total. The van der Waals surface area contributed by atoms with E-state index in [0.29, 0.717) is 24.5 Å². The number of H-pyrrole nitrogens is 1. The van der Waals surface area contributed by atoms with Crippen LogP contribution in [-0.2, 0) is 21.3 Å². The Hall–Kier alpha value is -0.890. The average Bonchev–Trinajstić information content (AvgIpc) is 2.94. The molecule has 1 saturated heterocycles. The van der Waals surface area contributed by atoms with Crippen molar-refractivity contribution in [1.82, 2.24) is 14.6 Å². The summed E-state index contributed by atoms with van der Waals surface area (Å²) in [7, 11) is -1.78. The van der Waals surface area contributed by atoms with Gasteiger partial charge >= 0.3 is 0 Å². The van der Waals surface area contributed by atoms with Gasteiger partial charge in [0.1, 0.15) is 0 Å². The van der Waals surface area contributed by atoms with Gasteiger partial charge in [0.2, 0.25) is 10.0 Å². The summed E-state index contributed by atoms with van der Waals surface area (Å²) in [6.45, 7) is 4.51. The minimum Gasteiger partial charge on any atom is -0.380 e. The predicted molar refractivity (Wildman–Crippen MR) is 77.0 cm³/mol. The SMILES string of the molecule is CCNCc1cc(S(=O)(=O)N2CCCC(OC)C2)c[nH]1. The summed E-state index contributed by atoms with van der Waals surface area (Å²) in [4.78, 5) is 3.35. The van der Waals surface area contributed by atoms with Crippen molar-refractivity contribution in [3.05, 3.63) is 18.0 Å². The molecule has 0 bridgehead atoms. The maximum Gasteiger partial charge on any atom is 0.244 e. The van der Waals surface area contributed by atoms with Crippen LogP contribution in [0.4, 0.5) is 0 Å². The van der Waals surface area contributed by atoms with E-state index in [1.54, 1.807) is 19.4 Å². The number of aromatic amines is 1. The lowest BCUT2D eigenvalue weighted by Crippen LogP contribution is -2.42. The molecule has 0 radical (unpaired) electrons. The van der Waals surface area contributed by atoms with Gasteiger partial charge in [-0.15, -0.1) is 0 Å². The van der Waals surface area contributed by atoms with Gasteiger partial charge < -0.3 is 15.0 Å². The molecular weight excluding hydrogens is 278 g/mol. The Bertz CT molecular complexity index is 527. The van der Waals surface area contributed by atoms with Gasteiger partial charge in [0.25, 0.3) is 0 Å². The first-order chi connectivity index (χ1) is 9.57. The molecular formula is C13H23N3O3S. The van der Waals surface area contributed by atoms with Crippen LogP contribution in [-0.4, -0.2) is 50.6 Å². The van der Waals surface area contributed by atoms with Gasteiger partial charge in [-0.25, -0.2) is 8.42 Å². The van der Waals surface area contributed by atoms with Crippen LogP contribution in [0, 0.1) is 0 Å². The van der Waals surface area contributed by atoms with E-state index in [0.717, 1.165) is 25.1 Å². The molecule has 1 aliphatic heterocycles. The van der Waals surface area contributed by atoms with Gasteiger partial charge in [-0.3, -0.25) is 0 Å². The van der Waals surface area contributed by atoms with E-state index >= 15 is 0 Å². The van der Waals surface area contributed by atoms with E-state index in [9.17, 15) is 8.42 Å². The van der Waals surface area contributed by atoms with Gasteiger partial charge in [-0.05, 0) is 25.5 Å². The zero-order valence-electron chi connectivity index (χ0n) is 12.1. The van der Waals surface area contributed by atoms with Gasteiger partial charge in [0, 0.05) is 38.6 Å². The van der Waals surface area contributed by atoms with Crippen LogP contribution < -0.4 is 5.32 Å². The highest BCUT2D eigenvalue weighted by Crippen LogP contribution is 2.22. The second-order valence-corrected chi connectivity index (χ2v) is 6.94. The molecule has 1 aromatic heterocycles. The Balaban J connectivity index is 2.11. The van der Waals surface area contributed by atoms with E-state index in [-0.39, 0.29) is 6.10 Å². The fourth-order valence-electron chi connectivity index (χ4n) is 2.39. The van der Waals surface area contributed by atoms with E-state index in [4.69, 9.17) is 4.74 Å². The molecule has 0 aliphatic carbocycles. The predicted octanol–water partition coefficient (Wildman–Crippen LogP) is 0.924. The van der Waals surface area contributed by atoms with Gasteiger partial charge in [0.05, 0.1) is 11.0 Å². The van der Waals surface area contributed by atoms with Gasteiger partial charge in [-0.2, -0.15) is 4.31 Å². The van der Waals surface area contributed by atoms with E-state index < -0.39 is 10.0 Å². The van der Waals surface area contributed by atoms with Crippen molar-refractivity contribution >= 4 is 10.0 Å². The monoisotopic (exact) mass is 301 g/mol. The number of aromatic nitrogens is 1. The van der Waals surface area contributed by atoms with Crippen molar-refractivity contribution in [2.45, 2.75) is 37.3 Å². The zero-order valence-corrected chi connectivity index (χ0v) is 12.9. The van der Waals surface area contributed by atoms with Crippen molar-refractivity contribution in [3.8, 4) is 0 Å². The smallest absolute Gasteiger partial charge is 0.244 e. The average molecular weight is 301 g/mol. The van der Waals surface area contributed by atoms with Gasteiger partial charge in [-0.1, -0.05) is 6.92 Å². The lowest BCUT2D eigenvalue weighted by Gasteiger charge is -2.30. The van der Waals surface area contributed by atoms with Crippen LogP contribution in [0.15, 0.2) is 17.2 Å². The summed E-state index contributed by atoms with van der Waals surface area (Å²) in [5.74, 6) is 0. The van der Waals surface area contributed by atoms with Crippen LogP contribution in [0.5, 0.6) is 0 Å². The van der Waals surface area contributed by atoms with Crippen molar-refractivity contribution < 1.29 is 13.2 Å². The number of nitrogens with zero attached hydrogens (tertiary/aromatic N) is 1. The summed E-state index contributed by atoms with van der Waals surface area (Å²) < 4.78 is 31.9. The Labute approximate surface area is 120 Å². The summed E-state index contributed by atoms with van der Waals surface area (Å²) in [6.07, 6.45) is 3.32.